The zero-order chi connectivity index (χ0) is 22.9. The first-order valence-electron chi connectivity index (χ1n) is 9.90. The van der Waals surface area contributed by atoms with Crippen LogP contribution in [0.2, 0.25) is 0 Å². The molecule has 0 aromatic heterocycles. The largest absolute Gasteiger partial charge is 0.480 e. The van der Waals surface area contributed by atoms with Crippen LogP contribution in [0.15, 0.2) is 72.8 Å². The average Bonchev–Trinajstić information content (AvgIpc) is 2.92. The SMILES string of the molecule is N[C@@H](CSC1(c2ccc(C(F)(F)F)cc2)c2ccccc2C=Cc2ccccc21)C(=O)O. The van der Waals surface area contributed by atoms with E-state index in [2.05, 4.69) is 0 Å². The van der Waals surface area contributed by atoms with E-state index in [4.69, 9.17) is 5.73 Å². The van der Waals surface area contributed by atoms with Crippen LogP contribution >= 0.6 is 11.8 Å². The smallest absolute Gasteiger partial charge is 0.416 e. The summed E-state index contributed by atoms with van der Waals surface area (Å²) in [7, 11) is 0. The number of carbonyl (C=O) groups is 1. The topological polar surface area (TPSA) is 63.3 Å². The molecule has 1 atom stereocenters. The molecule has 32 heavy (non-hydrogen) atoms. The van der Waals surface area contributed by atoms with E-state index in [-0.39, 0.29) is 5.75 Å². The van der Waals surface area contributed by atoms with E-state index in [1.165, 1.54) is 23.9 Å². The van der Waals surface area contributed by atoms with Crippen molar-refractivity contribution in [3.63, 3.8) is 0 Å². The predicted octanol–water partition coefficient (Wildman–Crippen LogP) is 5.63. The summed E-state index contributed by atoms with van der Waals surface area (Å²) in [4.78, 5) is 11.5. The number of fused-ring (bicyclic) bond motifs is 2. The highest BCUT2D eigenvalue weighted by Crippen LogP contribution is 2.52. The lowest BCUT2D eigenvalue weighted by atomic mass is 9.81. The van der Waals surface area contributed by atoms with Crippen molar-refractivity contribution in [2.45, 2.75) is 17.0 Å². The Balaban J connectivity index is 1.99. The third-order valence-electron chi connectivity index (χ3n) is 5.54. The summed E-state index contributed by atoms with van der Waals surface area (Å²) in [5.74, 6) is -1.06. The third-order valence-corrected chi connectivity index (χ3v) is 7.17. The van der Waals surface area contributed by atoms with Crippen LogP contribution in [-0.2, 0) is 15.7 Å². The standard InChI is InChI=1S/C25H20F3NO2S/c26-25(27,28)19-13-11-18(12-14-19)24(32-15-22(29)23(30)31)20-7-3-1-5-16(20)9-10-17-6-2-4-8-21(17)24/h1-14,22H,15,29H2,(H,30,31)/t22-/m0/s1. The lowest BCUT2D eigenvalue weighted by Crippen LogP contribution is -2.36. The van der Waals surface area contributed by atoms with Gasteiger partial charge >= 0.3 is 12.1 Å². The molecule has 0 amide bonds. The zero-order valence-corrected chi connectivity index (χ0v) is 17.7. The normalized spacial score (nSPS) is 15.4. The van der Waals surface area contributed by atoms with Crippen LogP contribution in [0.5, 0.6) is 0 Å². The second kappa shape index (κ2) is 8.48. The van der Waals surface area contributed by atoms with E-state index < -0.39 is 28.5 Å². The molecule has 0 fully saturated rings. The molecule has 3 nitrogen and oxygen atoms in total. The fourth-order valence-electron chi connectivity index (χ4n) is 3.98. The van der Waals surface area contributed by atoms with Crippen molar-refractivity contribution in [1.29, 1.82) is 0 Å². The van der Waals surface area contributed by atoms with Crippen LogP contribution in [-0.4, -0.2) is 22.9 Å². The van der Waals surface area contributed by atoms with Crippen molar-refractivity contribution >= 4 is 29.9 Å². The summed E-state index contributed by atoms with van der Waals surface area (Å²) in [5.41, 5.74) is 9.26. The van der Waals surface area contributed by atoms with Crippen LogP contribution in [0, 0.1) is 0 Å². The van der Waals surface area contributed by atoms with Gasteiger partial charge in [0, 0.05) is 5.75 Å². The van der Waals surface area contributed by atoms with E-state index in [0.29, 0.717) is 5.56 Å². The number of alkyl halides is 3. The second-order valence-electron chi connectivity index (χ2n) is 7.52. The minimum atomic E-state index is -4.45. The van der Waals surface area contributed by atoms with Crippen molar-refractivity contribution < 1.29 is 23.1 Å². The maximum absolute atomic E-state index is 13.2. The number of benzene rings is 3. The first kappa shape index (κ1) is 22.2. The van der Waals surface area contributed by atoms with Gasteiger partial charge in [-0.1, -0.05) is 72.8 Å². The maximum atomic E-state index is 13.2. The number of hydrogen-bond acceptors (Lipinski definition) is 3. The van der Waals surface area contributed by atoms with Crippen LogP contribution < -0.4 is 5.73 Å². The lowest BCUT2D eigenvalue weighted by molar-refractivity contribution is -0.138. The molecule has 0 radical (unpaired) electrons. The molecule has 3 aromatic rings. The molecule has 0 bridgehead atoms. The number of thioether (sulfide) groups is 1. The van der Waals surface area contributed by atoms with E-state index in [1.807, 2.05) is 60.7 Å². The minimum Gasteiger partial charge on any atom is -0.480 e. The van der Waals surface area contributed by atoms with Crippen molar-refractivity contribution in [3.05, 3.63) is 106 Å². The van der Waals surface area contributed by atoms with Crippen molar-refractivity contribution in [2.24, 2.45) is 5.73 Å². The van der Waals surface area contributed by atoms with E-state index >= 15 is 0 Å². The van der Waals surface area contributed by atoms with Gasteiger partial charge in [0.1, 0.15) is 6.04 Å². The highest BCUT2D eigenvalue weighted by atomic mass is 32.2. The molecule has 0 aliphatic heterocycles. The molecular formula is C25H20F3NO2S. The van der Waals surface area contributed by atoms with Crippen LogP contribution in [0.4, 0.5) is 13.2 Å². The number of halogens is 3. The fraction of sp³-hybridized carbons (Fsp3) is 0.160. The Labute approximate surface area is 187 Å². The summed E-state index contributed by atoms with van der Waals surface area (Å²) in [5, 5.41) is 9.36. The van der Waals surface area contributed by atoms with Gasteiger partial charge in [0.15, 0.2) is 0 Å². The molecule has 0 heterocycles. The Hall–Kier alpha value is -3.03. The fourth-order valence-corrected chi connectivity index (χ4v) is 5.54. The Morgan fingerprint density at radius 2 is 1.41 bits per heavy atom. The number of carboxylic acids is 1. The van der Waals surface area contributed by atoms with Gasteiger partial charge in [-0.3, -0.25) is 4.79 Å². The molecule has 4 rings (SSSR count). The molecule has 3 aromatic carbocycles. The van der Waals surface area contributed by atoms with E-state index in [0.717, 1.165) is 34.4 Å². The molecule has 164 valence electrons. The summed E-state index contributed by atoms with van der Waals surface area (Å²) < 4.78 is 38.8. The Kier molecular flexibility index (Phi) is 5.88. The number of rotatable bonds is 5. The second-order valence-corrected chi connectivity index (χ2v) is 8.75. The van der Waals surface area contributed by atoms with Crippen LogP contribution in [0.1, 0.15) is 33.4 Å². The van der Waals surface area contributed by atoms with Gasteiger partial charge in [0.2, 0.25) is 0 Å². The Morgan fingerprint density at radius 3 is 1.88 bits per heavy atom. The molecular weight excluding hydrogens is 435 g/mol. The molecule has 0 unspecified atom stereocenters. The van der Waals surface area contributed by atoms with E-state index in [1.54, 1.807) is 0 Å². The third kappa shape index (κ3) is 3.94. The first-order chi connectivity index (χ1) is 15.2. The monoisotopic (exact) mass is 455 g/mol. The number of carboxylic acid groups (broad SMARTS) is 1. The predicted molar refractivity (Wildman–Crippen MR) is 121 cm³/mol. The van der Waals surface area contributed by atoms with Gasteiger partial charge < -0.3 is 10.8 Å². The van der Waals surface area contributed by atoms with Gasteiger partial charge in [-0.15, -0.1) is 11.8 Å². The van der Waals surface area contributed by atoms with Gasteiger partial charge in [-0.05, 0) is 39.9 Å². The van der Waals surface area contributed by atoms with Crippen molar-refractivity contribution in [3.8, 4) is 0 Å². The molecule has 0 saturated heterocycles. The summed E-state index contributed by atoms with van der Waals surface area (Å²) in [6.45, 7) is 0. The molecule has 0 saturated carbocycles. The van der Waals surface area contributed by atoms with Crippen molar-refractivity contribution in [2.75, 3.05) is 5.75 Å². The van der Waals surface area contributed by atoms with Gasteiger partial charge in [-0.25, -0.2) is 0 Å². The summed E-state index contributed by atoms with van der Waals surface area (Å²) >= 11 is 1.32. The summed E-state index contributed by atoms with van der Waals surface area (Å²) in [6, 6.07) is 19.2. The zero-order valence-electron chi connectivity index (χ0n) is 16.8. The lowest BCUT2D eigenvalue weighted by Gasteiger charge is -2.37. The Morgan fingerprint density at radius 1 is 0.906 bits per heavy atom. The van der Waals surface area contributed by atoms with Crippen LogP contribution in [0.25, 0.3) is 12.2 Å². The average molecular weight is 456 g/mol. The number of aliphatic carboxylic acids is 1. The quantitative estimate of drug-likeness (QED) is 0.524. The highest BCUT2D eigenvalue weighted by Gasteiger charge is 2.42. The molecule has 7 heteroatoms. The van der Waals surface area contributed by atoms with Crippen molar-refractivity contribution in [1.82, 2.24) is 0 Å². The van der Waals surface area contributed by atoms with E-state index in [9.17, 15) is 23.1 Å². The summed E-state index contributed by atoms with van der Waals surface area (Å²) in [6.07, 6.45) is -0.513. The molecule has 3 N–H and O–H groups in total. The molecule has 1 aliphatic rings. The van der Waals surface area contributed by atoms with Crippen LogP contribution in [0.3, 0.4) is 0 Å². The maximum Gasteiger partial charge on any atom is 0.416 e. The molecule has 0 spiro atoms. The van der Waals surface area contributed by atoms with Gasteiger partial charge in [0.05, 0.1) is 10.3 Å². The first-order valence-corrected chi connectivity index (χ1v) is 10.9. The number of nitrogens with two attached hydrogens (primary N) is 1. The van der Waals surface area contributed by atoms with Gasteiger partial charge in [0.25, 0.3) is 0 Å². The van der Waals surface area contributed by atoms with Gasteiger partial charge in [-0.2, -0.15) is 13.2 Å². The number of hydrogen-bond donors (Lipinski definition) is 2. The Bertz CT molecular complexity index is 1120. The molecule has 1 aliphatic carbocycles. The highest BCUT2D eigenvalue weighted by molar-refractivity contribution is 8.00. The minimum absolute atomic E-state index is 0.0685.